The van der Waals surface area contributed by atoms with Gasteiger partial charge < -0.3 is 10.6 Å². The van der Waals surface area contributed by atoms with Gasteiger partial charge in [-0.05, 0) is 13.5 Å². The zero-order chi connectivity index (χ0) is 11.1. The average molecular weight is 208 g/mol. The van der Waals surface area contributed by atoms with Crippen LogP contribution in [-0.4, -0.2) is 28.5 Å². The van der Waals surface area contributed by atoms with Crippen LogP contribution in [-0.2, 0) is 4.79 Å². The van der Waals surface area contributed by atoms with Crippen molar-refractivity contribution in [3.8, 4) is 0 Å². The van der Waals surface area contributed by atoms with Gasteiger partial charge in [0, 0.05) is 24.9 Å². The van der Waals surface area contributed by atoms with E-state index in [2.05, 4.69) is 20.6 Å². The predicted octanol–water partition coefficient (Wildman–Crippen LogP) is 0.803. The van der Waals surface area contributed by atoms with Crippen LogP contribution in [0, 0.1) is 0 Å². The fraction of sp³-hybridized carbons (Fsp3) is 0.500. The molecule has 1 aromatic heterocycles. The average Bonchev–Trinajstić information content (AvgIpc) is 2.19. The third kappa shape index (κ3) is 4.51. The van der Waals surface area contributed by atoms with E-state index >= 15 is 0 Å². The molecule has 0 aliphatic heterocycles. The summed E-state index contributed by atoms with van der Waals surface area (Å²) in [6.07, 6.45) is 5.07. The van der Waals surface area contributed by atoms with Crippen molar-refractivity contribution in [1.82, 2.24) is 15.3 Å². The van der Waals surface area contributed by atoms with Gasteiger partial charge in [0.15, 0.2) is 5.82 Å². The zero-order valence-corrected chi connectivity index (χ0v) is 9.03. The van der Waals surface area contributed by atoms with Gasteiger partial charge in [0.05, 0.1) is 6.20 Å². The fourth-order valence-electron chi connectivity index (χ4n) is 1.26. The summed E-state index contributed by atoms with van der Waals surface area (Å²) in [7, 11) is 0. The normalized spacial score (nSPS) is 12.1. The maximum Gasteiger partial charge on any atom is 0.227 e. The third-order valence-electron chi connectivity index (χ3n) is 1.87. The van der Waals surface area contributed by atoms with Gasteiger partial charge >= 0.3 is 0 Å². The van der Waals surface area contributed by atoms with E-state index in [1.54, 1.807) is 12.4 Å². The van der Waals surface area contributed by atoms with E-state index < -0.39 is 0 Å². The lowest BCUT2D eigenvalue weighted by Crippen LogP contribution is -2.30. The zero-order valence-electron chi connectivity index (χ0n) is 9.03. The monoisotopic (exact) mass is 208 g/mol. The molecule has 1 atom stereocenters. The number of amides is 1. The fourth-order valence-corrected chi connectivity index (χ4v) is 1.26. The van der Waals surface area contributed by atoms with Gasteiger partial charge in [0.25, 0.3) is 0 Å². The van der Waals surface area contributed by atoms with Crippen LogP contribution in [0.3, 0.4) is 0 Å². The maximum atomic E-state index is 11.5. The highest BCUT2D eigenvalue weighted by atomic mass is 16.1. The lowest BCUT2D eigenvalue weighted by Gasteiger charge is -2.11. The summed E-state index contributed by atoms with van der Waals surface area (Å²) in [5.74, 6) is 0.440. The molecule has 0 aliphatic carbocycles. The molecule has 82 valence electrons. The summed E-state index contributed by atoms with van der Waals surface area (Å²) in [6, 6.07) is 0.173. The Morgan fingerprint density at radius 2 is 2.33 bits per heavy atom. The van der Waals surface area contributed by atoms with Gasteiger partial charge in [-0.15, -0.1) is 0 Å². The van der Waals surface area contributed by atoms with E-state index in [9.17, 15) is 4.79 Å². The molecule has 0 aromatic carbocycles. The second-order valence-corrected chi connectivity index (χ2v) is 3.30. The van der Waals surface area contributed by atoms with Gasteiger partial charge in [-0.1, -0.05) is 6.92 Å². The standard InChI is InChI=1S/C10H16N4O/c1-3-12-8(2)6-10(15)14-9-7-11-4-5-13-9/h4-5,7-8,12H,3,6H2,1-2H3,(H,13,14,15). The Morgan fingerprint density at radius 3 is 2.93 bits per heavy atom. The van der Waals surface area contributed by atoms with Gasteiger partial charge in [-0.3, -0.25) is 9.78 Å². The first kappa shape index (κ1) is 11.6. The summed E-state index contributed by atoms with van der Waals surface area (Å²) < 4.78 is 0. The molecule has 1 amide bonds. The van der Waals surface area contributed by atoms with Crippen molar-refractivity contribution in [2.45, 2.75) is 26.3 Å². The van der Waals surface area contributed by atoms with E-state index in [4.69, 9.17) is 0 Å². The van der Waals surface area contributed by atoms with Gasteiger partial charge in [0.1, 0.15) is 0 Å². The molecular formula is C10H16N4O. The van der Waals surface area contributed by atoms with Crippen LogP contribution in [0.4, 0.5) is 5.82 Å². The van der Waals surface area contributed by atoms with Crippen LogP contribution in [0.5, 0.6) is 0 Å². The molecule has 0 aliphatic rings. The molecular weight excluding hydrogens is 192 g/mol. The first-order valence-corrected chi connectivity index (χ1v) is 5.01. The second-order valence-electron chi connectivity index (χ2n) is 3.30. The van der Waals surface area contributed by atoms with Crippen molar-refractivity contribution < 1.29 is 4.79 Å². The molecule has 5 heteroatoms. The van der Waals surface area contributed by atoms with Crippen molar-refractivity contribution in [2.24, 2.45) is 0 Å². The minimum atomic E-state index is -0.0519. The molecule has 0 spiro atoms. The largest absolute Gasteiger partial charge is 0.314 e. The number of hydrogen-bond acceptors (Lipinski definition) is 4. The SMILES string of the molecule is CCNC(C)CC(=O)Nc1cnccn1. The summed E-state index contributed by atoms with van der Waals surface area (Å²) >= 11 is 0. The van der Waals surface area contributed by atoms with Crippen LogP contribution in [0.15, 0.2) is 18.6 Å². The minimum absolute atomic E-state index is 0.0519. The van der Waals surface area contributed by atoms with Crippen molar-refractivity contribution in [2.75, 3.05) is 11.9 Å². The van der Waals surface area contributed by atoms with Crippen molar-refractivity contribution in [1.29, 1.82) is 0 Å². The van der Waals surface area contributed by atoms with Crippen molar-refractivity contribution >= 4 is 11.7 Å². The number of hydrogen-bond donors (Lipinski definition) is 2. The van der Waals surface area contributed by atoms with E-state index in [0.717, 1.165) is 6.54 Å². The summed E-state index contributed by atoms with van der Waals surface area (Å²) in [4.78, 5) is 19.3. The molecule has 1 rings (SSSR count). The minimum Gasteiger partial charge on any atom is -0.314 e. The van der Waals surface area contributed by atoms with Crippen LogP contribution in [0.1, 0.15) is 20.3 Å². The van der Waals surface area contributed by atoms with Gasteiger partial charge in [-0.25, -0.2) is 4.98 Å². The Morgan fingerprint density at radius 1 is 1.53 bits per heavy atom. The number of aromatic nitrogens is 2. The van der Waals surface area contributed by atoms with E-state index in [0.29, 0.717) is 12.2 Å². The van der Waals surface area contributed by atoms with Crippen LogP contribution < -0.4 is 10.6 Å². The van der Waals surface area contributed by atoms with Crippen LogP contribution in [0.2, 0.25) is 0 Å². The molecule has 0 bridgehead atoms. The van der Waals surface area contributed by atoms with Gasteiger partial charge in [-0.2, -0.15) is 0 Å². The highest BCUT2D eigenvalue weighted by molar-refractivity contribution is 5.89. The Labute approximate surface area is 89.3 Å². The Hall–Kier alpha value is -1.49. The van der Waals surface area contributed by atoms with Gasteiger partial charge in [0.2, 0.25) is 5.91 Å². The highest BCUT2D eigenvalue weighted by Crippen LogP contribution is 1.99. The van der Waals surface area contributed by atoms with Crippen LogP contribution >= 0.6 is 0 Å². The summed E-state index contributed by atoms with van der Waals surface area (Å²) in [5, 5.41) is 5.84. The topological polar surface area (TPSA) is 66.9 Å². The third-order valence-corrected chi connectivity index (χ3v) is 1.87. The number of rotatable bonds is 5. The molecule has 0 fully saturated rings. The van der Waals surface area contributed by atoms with E-state index in [1.807, 2.05) is 13.8 Å². The lowest BCUT2D eigenvalue weighted by atomic mass is 10.2. The molecule has 0 radical (unpaired) electrons. The van der Waals surface area contributed by atoms with E-state index in [1.165, 1.54) is 6.20 Å². The number of nitrogens with zero attached hydrogens (tertiary/aromatic N) is 2. The van der Waals surface area contributed by atoms with E-state index in [-0.39, 0.29) is 11.9 Å². The smallest absolute Gasteiger partial charge is 0.227 e. The molecule has 0 saturated carbocycles. The Bertz CT molecular complexity index is 302. The molecule has 1 aromatic rings. The molecule has 5 nitrogen and oxygen atoms in total. The Balaban J connectivity index is 2.36. The summed E-state index contributed by atoms with van der Waals surface area (Å²) in [6.45, 7) is 4.84. The second kappa shape index (κ2) is 6.08. The molecule has 2 N–H and O–H groups in total. The first-order chi connectivity index (χ1) is 7.22. The first-order valence-electron chi connectivity index (χ1n) is 5.01. The molecule has 15 heavy (non-hydrogen) atoms. The highest BCUT2D eigenvalue weighted by Gasteiger charge is 2.08. The number of carbonyl (C=O) groups excluding carboxylic acids is 1. The number of anilines is 1. The predicted molar refractivity (Wildman–Crippen MR) is 58.4 cm³/mol. The summed E-state index contributed by atoms with van der Waals surface area (Å²) in [5.41, 5.74) is 0. The van der Waals surface area contributed by atoms with Crippen molar-refractivity contribution in [3.63, 3.8) is 0 Å². The number of nitrogens with one attached hydrogen (secondary N) is 2. The molecule has 1 heterocycles. The van der Waals surface area contributed by atoms with Crippen molar-refractivity contribution in [3.05, 3.63) is 18.6 Å². The van der Waals surface area contributed by atoms with Crippen LogP contribution in [0.25, 0.3) is 0 Å². The maximum absolute atomic E-state index is 11.5. The molecule has 0 saturated heterocycles. The molecule has 1 unspecified atom stereocenters. The quantitative estimate of drug-likeness (QED) is 0.751. The number of carbonyl (C=O) groups is 1. The lowest BCUT2D eigenvalue weighted by molar-refractivity contribution is -0.116. The Kier molecular flexibility index (Phi) is 4.70.